The third-order valence-corrected chi connectivity index (χ3v) is 3.04. The second-order valence-electron chi connectivity index (χ2n) is 4.00. The highest BCUT2D eigenvalue weighted by Gasteiger charge is 2.11. The van der Waals surface area contributed by atoms with E-state index >= 15 is 0 Å². The van der Waals surface area contributed by atoms with E-state index in [9.17, 15) is 0 Å². The zero-order valence-electron chi connectivity index (χ0n) is 10.8. The van der Waals surface area contributed by atoms with E-state index in [0.717, 1.165) is 18.5 Å². The van der Waals surface area contributed by atoms with Crippen molar-refractivity contribution in [2.45, 2.75) is 32.9 Å². The van der Waals surface area contributed by atoms with Gasteiger partial charge >= 0.3 is 0 Å². The van der Waals surface area contributed by atoms with Gasteiger partial charge in [-0.2, -0.15) is 0 Å². The number of halogens is 1. The first-order valence-corrected chi connectivity index (χ1v) is 6.13. The maximum absolute atomic E-state index is 6.13. The van der Waals surface area contributed by atoms with E-state index in [1.807, 2.05) is 12.1 Å². The lowest BCUT2D eigenvalue weighted by atomic mass is 10.1. The van der Waals surface area contributed by atoms with Gasteiger partial charge in [0.05, 0.1) is 19.2 Å². The molecule has 0 amide bonds. The van der Waals surface area contributed by atoms with E-state index in [0.29, 0.717) is 22.6 Å². The minimum Gasteiger partial charge on any atom is -0.493 e. The molecule has 0 saturated heterocycles. The normalized spacial score (nSPS) is 12.3. The summed E-state index contributed by atoms with van der Waals surface area (Å²) in [6.45, 7) is 5.08. The lowest BCUT2D eigenvalue weighted by molar-refractivity contribution is 0.354. The topological polar surface area (TPSA) is 30.5 Å². The third kappa shape index (κ3) is 3.79. The predicted octanol–water partition coefficient (Wildman–Crippen LogP) is 3.25. The predicted molar refractivity (Wildman–Crippen MR) is 71.1 cm³/mol. The fourth-order valence-electron chi connectivity index (χ4n) is 1.51. The summed E-state index contributed by atoms with van der Waals surface area (Å²) in [6, 6.07) is 4.33. The minimum absolute atomic E-state index is 0.488. The van der Waals surface area contributed by atoms with Gasteiger partial charge in [0.25, 0.3) is 0 Å². The molecule has 0 aromatic heterocycles. The van der Waals surface area contributed by atoms with Gasteiger partial charge in [0.1, 0.15) is 0 Å². The molecule has 0 radical (unpaired) electrons. The molecule has 0 aliphatic heterocycles. The third-order valence-electron chi connectivity index (χ3n) is 2.76. The SMILES string of the molecule is CC[C@@H](C)NCc1cc(Cl)c(OC)c(OC)c1. The lowest BCUT2D eigenvalue weighted by Crippen LogP contribution is -2.24. The highest BCUT2D eigenvalue weighted by molar-refractivity contribution is 6.32. The van der Waals surface area contributed by atoms with E-state index in [1.54, 1.807) is 14.2 Å². The van der Waals surface area contributed by atoms with Crippen molar-refractivity contribution in [1.29, 1.82) is 0 Å². The van der Waals surface area contributed by atoms with Crippen LogP contribution in [0.5, 0.6) is 11.5 Å². The first-order valence-electron chi connectivity index (χ1n) is 5.76. The number of benzene rings is 1. The number of ether oxygens (including phenoxy) is 2. The lowest BCUT2D eigenvalue weighted by Gasteiger charge is -2.14. The molecule has 3 nitrogen and oxygen atoms in total. The Balaban J connectivity index is 2.84. The van der Waals surface area contributed by atoms with E-state index in [2.05, 4.69) is 19.2 Å². The highest BCUT2D eigenvalue weighted by Crippen LogP contribution is 2.35. The van der Waals surface area contributed by atoms with Gasteiger partial charge in [-0.05, 0) is 31.0 Å². The molecule has 1 N–H and O–H groups in total. The van der Waals surface area contributed by atoms with Crippen LogP contribution in [0, 0.1) is 0 Å². The van der Waals surface area contributed by atoms with Gasteiger partial charge in [0.2, 0.25) is 0 Å². The van der Waals surface area contributed by atoms with Gasteiger partial charge in [-0.1, -0.05) is 18.5 Å². The van der Waals surface area contributed by atoms with Crippen LogP contribution in [0.3, 0.4) is 0 Å². The van der Waals surface area contributed by atoms with Crippen LogP contribution in [-0.2, 0) is 6.54 Å². The molecule has 0 spiro atoms. The molecule has 0 bridgehead atoms. The largest absolute Gasteiger partial charge is 0.493 e. The van der Waals surface area contributed by atoms with Gasteiger partial charge in [-0.25, -0.2) is 0 Å². The second kappa shape index (κ2) is 6.72. The van der Waals surface area contributed by atoms with Crippen molar-refractivity contribution >= 4 is 11.6 Å². The smallest absolute Gasteiger partial charge is 0.179 e. The summed E-state index contributed by atoms with van der Waals surface area (Å²) < 4.78 is 10.4. The molecule has 1 atom stereocenters. The van der Waals surface area contributed by atoms with Crippen LogP contribution in [0.25, 0.3) is 0 Å². The molecule has 1 aromatic carbocycles. The highest BCUT2D eigenvalue weighted by atomic mass is 35.5. The molecule has 0 aliphatic rings. The van der Waals surface area contributed by atoms with Crippen LogP contribution in [0.4, 0.5) is 0 Å². The fraction of sp³-hybridized carbons (Fsp3) is 0.538. The zero-order valence-corrected chi connectivity index (χ0v) is 11.6. The Hall–Kier alpha value is -0.930. The molecule has 0 aliphatic carbocycles. The summed E-state index contributed by atoms with van der Waals surface area (Å²) >= 11 is 6.13. The summed E-state index contributed by atoms with van der Waals surface area (Å²) in [7, 11) is 3.20. The Morgan fingerprint density at radius 1 is 1.29 bits per heavy atom. The first-order chi connectivity index (χ1) is 8.12. The number of hydrogen-bond acceptors (Lipinski definition) is 3. The molecule has 1 aromatic rings. The summed E-state index contributed by atoms with van der Waals surface area (Å²) in [5.74, 6) is 1.25. The average Bonchev–Trinajstić information content (AvgIpc) is 2.34. The molecule has 0 heterocycles. The van der Waals surface area contributed by atoms with Crippen molar-refractivity contribution in [2.24, 2.45) is 0 Å². The fourth-order valence-corrected chi connectivity index (χ4v) is 1.82. The van der Waals surface area contributed by atoms with Gasteiger partial charge in [-0.3, -0.25) is 0 Å². The maximum Gasteiger partial charge on any atom is 0.179 e. The molecule has 0 fully saturated rings. The monoisotopic (exact) mass is 257 g/mol. The van der Waals surface area contributed by atoms with Gasteiger partial charge in [0, 0.05) is 12.6 Å². The van der Waals surface area contributed by atoms with Crippen molar-refractivity contribution < 1.29 is 9.47 Å². The number of methoxy groups -OCH3 is 2. The summed E-state index contributed by atoms with van der Waals surface area (Å²) in [6.07, 6.45) is 1.10. The molecule has 0 saturated carbocycles. The van der Waals surface area contributed by atoms with Crippen LogP contribution >= 0.6 is 11.6 Å². The van der Waals surface area contributed by atoms with Crippen molar-refractivity contribution in [3.05, 3.63) is 22.7 Å². The molecule has 4 heteroatoms. The van der Waals surface area contributed by atoms with Gasteiger partial charge in [0.15, 0.2) is 11.5 Å². The standard InChI is InChI=1S/C13H20ClNO2/c1-5-9(2)15-8-10-6-11(14)13(17-4)12(7-10)16-3/h6-7,9,15H,5,8H2,1-4H3/t9-/m1/s1. The second-order valence-corrected chi connectivity index (χ2v) is 4.41. The van der Waals surface area contributed by atoms with Crippen LogP contribution < -0.4 is 14.8 Å². The molecule has 0 unspecified atom stereocenters. The molecule has 17 heavy (non-hydrogen) atoms. The average molecular weight is 258 g/mol. The van der Waals surface area contributed by atoms with Crippen molar-refractivity contribution in [3.8, 4) is 11.5 Å². The van der Waals surface area contributed by atoms with Crippen molar-refractivity contribution in [3.63, 3.8) is 0 Å². The molecule has 96 valence electrons. The van der Waals surface area contributed by atoms with E-state index in [-0.39, 0.29) is 0 Å². The first kappa shape index (κ1) is 14.1. The van der Waals surface area contributed by atoms with Crippen LogP contribution in [0.15, 0.2) is 12.1 Å². The molecule has 1 rings (SSSR count). The molecular weight excluding hydrogens is 238 g/mol. The van der Waals surface area contributed by atoms with Crippen LogP contribution in [0.2, 0.25) is 5.02 Å². The maximum atomic E-state index is 6.13. The van der Waals surface area contributed by atoms with Crippen molar-refractivity contribution in [1.82, 2.24) is 5.32 Å². The van der Waals surface area contributed by atoms with E-state index < -0.39 is 0 Å². The Bertz CT molecular complexity index is 369. The van der Waals surface area contributed by atoms with Crippen LogP contribution in [-0.4, -0.2) is 20.3 Å². The zero-order chi connectivity index (χ0) is 12.8. The van der Waals surface area contributed by atoms with E-state index in [1.165, 1.54) is 0 Å². The van der Waals surface area contributed by atoms with Gasteiger partial charge < -0.3 is 14.8 Å². The Kier molecular flexibility index (Phi) is 5.59. The summed E-state index contributed by atoms with van der Waals surface area (Å²) in [5.41, 5.74) is 1.09. The summed E-state index contributed by atoms with van der Waals surface area (Å²) in [5, 5.41) is 3.99. The Labute approximate surface area is 108 Å². The van der Waals surface area contributed by atoms with Crippen molar-refractivity contribution in [2.75, 3.05) is 14.2 Å². The number of rotatable bonds is 6. The Morgan fingerprint density at radius 3 is 2.53 bits per heavy atom. The summed E-state index contributed by atoms with van der Waals surface area (Å²) in [4.78, 5) is 0. The quantitative estimate of drug-likeness (QED) is 0.849. The van der Waals surface area contributed by atoms with E-state index in [4.69, 9.17) is 21.1 Å². The number of hydrogen-bond donors (Lipinski definition) is 1. The van der Waals surface area contributed by atoms with Gasteiger partial charge in [-0.15, -0.1) is 0 Å². The molecular formula is C13H20ClNO2. The van der Waals surface area contributed by atoms with Crippen LogP contribution in [0.1, 0.15) is 25.8 Å². The number of nitrogens with one attached hydrogen (secondary N) is 1. The minimum atomic E-state index is 0.488. The Morgan fingerprint density at radius 2 is 2.00 bits per heavy atom.